The molecule has 0 saturated carbocycles. The van der Waals surface area contributed by atoms with Crippen molar-refractivity contribution >= 4 is 7.92 Å². The second-order valence-corrected chi connectivity index (χ2v) is 8.71. The summed E-state index contributed by atoms with van der Waals surface area (Å²) in [5.74, 6) is 0. The lowest BCUT2D eigenvalue weighted by Crippen LogP contribution is -1.96. The Morgan fingerprint density at radius 3 is 1.21 bits per heavy atom. The zero-order chi connectivity index (χ0) is 14.2. The van der Waals surface area contributed by atoms with Gasteiger partial charge in [-0.3, -0.25) is 0 Å². The van der Waals surface area contributed by atoms with Crippen molar-refractivity contribution in [2.75, 3.05) is 18.5 Å². The molecular formula is C18H39P. The number of hydrogen-bond donors (Lipinski definition) is 0. The molecule has 19 heavy (non-hydrogen) atoms. The molecule has 0 aliphatic heterocycles. The van der Waals surface area contributed by atoms with Gasteiger partial charge < -0.3 is 0 Å². The summed E-state index contributed by atoms with van der Waals surface area (Å²) in [7, 11) is 0.392. The van der Waals surface area contributed by atoms with Crippen molar-refractivity contribution in [3.8, 4) is 0 Å². The Hall–Kier alpha value is 0.430. The summed E-state index contributed by atoms with van der Waals surface area (Å²) in [5, 5.41) is 0. The minimum absolute atomic E-state index is 0.392. The lowest BCUT2D eigenvalue weighted by atomic mass is 10.1. The Kier molecular flexibility index (Phi) is 16.9. The van der Waals surface area contributed by atoms with Crippen molar-refractivity contribution < 1.29 is 0 Å². The standard InChI is InChI=1S/C18H39P/c1-4-7-10-11-12-15-18-19(16-13-8-5-2)17-14-9-6-3/h4-18H2,1-3H3. The summed E-state index contributed by atoms with van der Waals surface area (Å²) < 4.78 is 0. The van der Waals surface area contributed by atoms with E-state index in [1.807, 2.05) is 0 Å². The van der Waals surface area contributed by atoms with Gasteiger partial charge in [-0.2, -0.15) is 0 Å². The predicted octanol–water partition coefficient (Wildman–Crippen LogP) is 7.21. The smallest absolute Gasteiger partial charge is 0.0326 e. The molecule has 0 bridgehead atoms. The van der Waals surface area contributed by atoms with Gasteiger partial charge in [-0.05, 0) is 37.7 Å². The average Bonchev–Trinajstić information content (AvgIpc) is 2.42. The van der Waals surface area contributed by atoms with Crippen LogP contribution in [0.3, 0.4) is 0 Å². The molecule has 0 aromatic carbocycles. The van der Waals surface area contributed by atoms with Crippen LogP contribution < -0.4 is 0 Å². The Morgan fingerprint density at radius 2 is 0.737 bits per heavy atom. The second-order valence-electron chi connectivity index (χ2n) is 6.02. The van der Waals surface area contributed by atoms with Crippen LogP contribution in [-0.2, 0) is 0 Å². The van der Waals surface area contributed by atoms with E-state index in [0.717, 1.165) is 0 Å². The molecule has 0 saturated heterocycles. The van der Waals surface area contributed by atoms with E-state index in [1.54, 1.807) is 18.5 Å². The topological polar surface area (TPSA) is 0 Å². The van der Waals surface area contributed by atoms with Crippen molar-refractivity contribution in [3.05, 3.63) is 0 Å². The molecule has 0 N–H and O–H groups in total. The zero-order valence-electron chi connectivity index (χ0n) is 14.1. The Labute approximate surface area is 124 Å². The summed E-state index contributed by atoms with van der Waals surface area (Å²) in [6.45, 7) is 6.96. The third kappa shape index (κ3) is 14.6. The average molecular weight is 286 g/mol. The number of unbranched alkanes of at least 4 members (excludes halogenated alkanes) is 9. The van der Waals surface area contributed by atoms with Crippen LogP contribution in [0.5, 0.6) is 0 Å². The summed E-state index contributed by atoms with van der Waals surface area (Å²) in [6, 6.07) is 0. The van der Waals surface area contributed by atoms with Gasteiger partial charge in [0, 0.05) is 0 Å². The highest BCUT2D eigenvalue weighted by Crippen LogP contribution is 2.39. The Balaban J connectivity index is 3.58. The van der Waals surface area contributed by atoms with E-state index >= 15 is 0 Å². The van der Waals surface area contributed by atoms with Gasteiger partial charge in [0.15, 0.2) is 0 Å². The lowest BCUT2D eigenvalue weighted by molar-refractivity contribution is 0.625. The number of hydrogen-bond acceptors (Lipinski definition) is 0. The summed E-state index contributed by atoms with van der Waals surface area (Å²) in [4.78, 5) is 0. The molecule has 0 aromatic heterocycles. The molecule has 0 aliphatic carbocycles. The van der Waals surface area contributed by atoms with E-state index in [2.05, 4.69) is 20.8 Å². The maximum atomic E-state index is 2.33. The summed E-state index contributed by atoms with van der Waals surface area (Å²) in [5.41, 5.74) is 0. The maximum absolute atomic E-state index is 2.33. The highest BCUT2D eigenvalue weighted by Gasteiger charge is 2.07. The first kappa shape index (κ1) is 19.4. The molecule has 0 spiro atoms. The number of rotatable bonds is 15. The van der Waals surface area contributed by atoms with Gasteiger partial charge in [0.1, 0.15) is 0 Å². The Morgan fingerprint density at radius 1 is 0.421 bits per heavy atom. The normalized spacial score (nSPS) is 11.4. The maximum Gasteiger partial charge on any atom is -0.0326 e. The monoisotopic (exact) mass is 286 g/mol. The first-order valence-electron chi connectivity index (χ1n) is 9.07. The van der Waals surface area contributed by atoms with Crippen molar-refractivity contribution in [1.82, 2.24) is 0 Å². The fourth-order valence-electron chi connectivity index (χ4n) is 2.62. The van der Waals surface area contributed by atoms with Crippen molar-refractivity contribution in [2.45, 2.75) is 97.8 Å². The van der Waals surface area contributed by atoms with Gasteiger partial charge in [-0.15, -0.1) is 7.92 Å². The van der Waals surface area contributed by atoms with E-state index < -0.39 is 0 Å². The van der Waals surface area contributed by atoms with Crippen molar-refractivity contribution in [3.63, 3.8) is 0 Å². The highest BCUT2D eigenvalue weighted by atomic mass is 31.1. The van der Waals surface area contributed by atoms with Crippen LogP contribution in [0.15, 0.2) is 0 Å². The van der Waals surface area contributed by atoms with Gasteiger partial charge in [0.25, 0.3) is 0 Å². The van der Waals surface area contributed by atoms with Crippen LogP contribution in [0.1, 0.15) is 97.8 Å². The van der Waals surface area contributed by atoms with Crippen LogP contribution in [0.2, 0.25) is 0 Å². The van der Waals surface area contributed by atoms with Crippen LogP contribution in [-0.4, -0.2) is 18.5 Å². The zero-order valence-corrected chi connectivity index (χ0v) is 14.9. The quantitative estimate of drug-likeness (QED) is 0.220. The van der Waals surface area contributed by atoms with Gasteiger partial charge in [0.05, 0.1) is 0 Å². The third-order valence-corrected chi connectivity index (χ3v) is 6.83. The third-order valence-electron chi connectivity index (χ3n) is 3.98. The molecule has 0 radical (unpaired) electrons. The SMILES string of the molecule is CCCCCCCCP(CCCCC)CCCCC. The molecule has 0 rings (SSSR count). The van der Waals surface area contributed by atoms with Crippen molar-refractivity contribution in [1.29, 1.82) is 0 Å². The predicted molar refractivity (Wildman–Crippen MR) is 93.9 cm³/mol. The molecule has 0 aromatic rings. The fourth-order valence-corrected chi connectivity index (χ4v) is 5.31. The molecule has 0 atom stereocenters. The van der Waals surface area contributed by atoms with Crippen LogP contribution >= 0.6 is 7.92 Å². The Bertz CT molecular complexity index is 146. The molecule has 0 nitrogen and oxygen atoms in total. The van der Waals surface area contributed by atoms with Gasteiger partial charge in [-0.25, -0.2) is 0 Å². The lowest BCUT2D eigenvalue weighted by Gasteiger charge is -2.17. The van der Waals surface area contributed by atoms with Gasteiger partial charge >= 0.3 is 0 Å². The van der Waals surface area contributed by atoms with E-state index in [0.29, 0.717) is 7.92 Å². The molecule has 0 heterocycles. The summed E-state index contributed by atoms with van der Waals surface area (Å²) in [6.07, 6.45) is 22.2. The van der Waals surface area contributed by atoms with E-state index in [4.69, 9.17) is 0 Å². The molecule has 0 amide bonds. The highest BCUT2D eigenvalue weighted by molar-refractivity contribution is 7.57. The fraction of sp³-hybridized carbons (Fsp3) is 1.00. The molecular weight excluding hydrogens is 247 g/mol. The first-order valence-corrected chi connectivity index (χ1v) is 11.0. The molecule has 0 aliphatic rings. The van der Waals surface area contributed by atoms with Crippen LogP contribution in [0.25, 0.3) is 0 Å². The van der Waals surface area contributed by atoms with E-state index in [-0.39, 0.29) is 0 Å². The summed E-state index contributed by atoms with van der Waals surface area (Å²) >= 11 is 0. The molecule has 116 valence electrons. The molecule has 0 fully saturated rings. The van der Waals surface area contributed by atoms with Gasteiger partial charge in [-0.1, -0.05) is 78.6 Å². The van der Waals surface area contributed by atoms with Crippen LogP contribution in [0, 0.1) is 0 Å². The minimum atomic E-state index is 0.392. The van der Waals surface area contributed by atoms with E-state index in [1.165, 1.54) is 77.0 Å². The molecule has 0 unspecified atom stereocenters. The first-order chi connectivity index (χ1) is 9.35. The van der Waals surface area contributed by atoms with Crippen molar-refractivity contribution in [2.24, 2.45) is 0 Å². The minimum Gasteiger partial charge on any atom is -0.107 e. The van der Waals surface area contributed by atoms with Gasteiger partial charge in [0.2, 0.25) is 0 Å². The second kappa shape index (κ2) is 16.5. The van der Waals surface area contributed by atoms with Crippen LogP contribution in [0.4, 0.5) is 0 Å². The van der Waals surface area contributed by atoms with E-state index in [9.17, 15) is 0 Å². The molecule has 1 heteroatoms. The largest absolute Gasteiger partial charge is 0.107 e.